The number of amides is 1. The highest BCUT2D eigenvalue weighted by atomic mass is 16.4. The number of hydrogen-bond acceptors (Lipinski definition) is 4. The molecule has 2 aliphatic heterocycles. The molecule has 0 spiro atoms. The average Bonchev–Trinajstić information content (AvgIpc) is 2.67. The minimum Gasteiger partial charge on any atom is -0.479 e. The molecule has 0 fully saturated rings. The normalized spacial score (nSPS) is 20.9. The Hall–Kier alpha value is -2.50. The van der Waals surface area contributed by atoms with E-state index in [1.165, 1.54) is 11.1 Å². The molecule has 3 rings (SSSR count). The van der Waals surface area contributed by atoms with Crippen LogP contribution in [0.2, 0.25) is 0 Å². The summed E-state index contributed by atoms with van der Waals surface area (Å²) < 4.78 is 0. The lowest BCUT2D eigenvalue weighted by Crippen LogP contribution is -2.39. The van der Waals surface area contributed by atoms with Crippen molar-refractivity contribution in [3.63, 3.8) is 0 Å². The second kappa shape index (κ2) is 3.24. The number of carbonyl (C=O) groups excluding carboxylic acids is 1. The predicted molar refractivity (Wildman–Crippen MR) is 60.9 cm³/mol. The monoisotopic (exact) mass is 229 g/mol. The molecule has 84 valence electrons. The number of carboxylic acid groups (broad SMARTS) is 1. The van der Waals surface area contributed by atoms with Gasteiger partial charge in [-0.1, -0.05) is 12.1 Å². The van der Waals surface area contributed by atoms with Gasteiger partial charge in [-0.05, 0) is 12.1 Å². The van der Waals surface area contributed by atoms with Crippen LogP contribution in [-0.4, -0.2) is 35.1 Å². The van der Waals surface area contributed by atoms with Crippen LogP contribution in [0.1, 0.15) is 0 Å². The van der Waals surface area contributed by atoms with Crippen LogP contribution in [0.5, 0.6) is 0 Å². The third kappa shape index (κ3) is 1.27. The van der Waals surface area contributed by atoms with Crippen molar-refractivity contribution in [1.82, 2.24) is 0 Å². The lowest BCUT2D eigenvalue weighted by atomic mass is 10.2. The summed E-state index contributed by atoms with van der Waals surface area (Å²) in [7, 11) is 0. The van der Waals surface area contributed by atoms with Crippen molar-refractivity contribution in [2.45, 2.75) is 6.04 Å². The van der Waals surface area contributed by atoms with Crippen molar-refractivity contribution in [1.29, 1.82) is 0 Å². The first-order chi connectivity index (χ1) is 8.18. The molecule has 1 unspecified atom stereocenters. The highest BCUT2D eigenvalue weighted by Gasteiger charge is 2.41. The molecule has 0 radical (unpaired) electrons. The zero-order valence-electron chi connectivity index (χ0n) is 8.57. The van der Waals surface area contributed by atoms with Crippen LogP contribution in [0.4, 0.5) is 11.4 Å². The first-order valence-electron chi connectivity index (χ1n) is 4.96. The Balaban J connectivity index is 2.13. The number of carboxylic acids is 1. The molecule has 1 aromatic rings. The maximum absolute atomic E-state index is 11.9. The number of anilines is 1. The summed E-state index contributed by atoms with van der Waals surface area (Å²) in [6, 6.07) is 5.67. The Morgan fingerprint density at radius 1 is 1.35 bits per heavy atom. The first-order valence-corrected chi connectivity index (χ1v) is 4.96. The zero-order chi connectivity index (χ0) is 12.0. The van der Waals surface area contributed by atoms with Crippen LogP contribution in [0, 0.1) is 0 Å². The van der Waals surface area contributed by atoms with Gasteiger partial charge < -0.3 is 5.11 Å². The third-order valence-electron chi connectivity index (χ3n) is 2.62. The average molecular weight is 229 g/mol. The van der Waals surface area contributed by atoms with Crippen LogP contribution in [0.25, 0.3) is 0 Å². The number of amidine groups is 1. The number of hydrogen-bond donors (Lipinski definition) is 1. The largest absolute Gasteiger partial charge is 0.479 e. The van der Waals surface area contributed by atoms with E-state index < -0.39 is 17.9 Å². The molecule has 0 bridgehead atoms. The molecule has 0 aromatic heterocycles. The molecule has 17 heavy (non-hydrogen) atoms. The molecule has 0 aliphatic carbocycles. The summed E-state index contributed by atoms with van der Waals surface area (Å²) in [4.78, 5) is 32.0. The van der Waals surface area contributed by atoms with Crippen LogP contribution in [0.15, 0.2) is 34.3 Å². The van der Waals surface area contributed by atoms with Crippen molar-refractivity contribution in [2.75, 3.05) is 4.90 Å². The van der Waals surface area contributed by atoms with E-state index in [2.05, 4.69) is 9.98 Å². The van der Waals surface area contributed by atoms with E-state index in [4.69, 9.17) is 5.11 Å². The molecule has 1 amide bonds. The second-order valence-corrected chi connectivity index (χ2v) is 3.65. The van der Waals surface area contributed by atoms with Crippen LogP contribution < -0.4 is 4.90 Å². The number of fused-ring (bicyclic) bond motifs is 3. The fraction of sp³-hybridized carbons (Fsp3) is 0.0909. The van der Waals surface area contributed by atoms with Gasteiger partial charge in [-0.15, -0.1) is 0 Å². The number of benzene rings is 1. The maximum atomic E-state index is 11.9. The lowest BCUT2D eigenvalue weighted by Gasteiger charge is -2.21. The number of rotatable bonds is 1. The molecule has 6 nitrogen and oxygen atoms in total. The third-order valence-corrected chi connectivity index (χ3v) is 2.62. The molecule has 2 aliphatic rings. The van der Waals surface area contributed by atoms with Gasteiger partial charge in [0.25, 0.3) is 5.91 Å². The first kappa shape index (κ1) is 9.71. The Morgan fingerprint density at radius 2 is 2.12 bits per heavy atom. The fourth-order valence-corrected chi connectivity index (χ4v) is 1.86. The van der Waals surface area contributed by atoms with Gasteiger partial charge in [0.15, 0.2) is 5.84 Å². The highest BCUT2D eigenvalue weighted by Crippen LogP contribution is 2.33. The van der Waals surface area contributed by atoms with Crippen LogP contribution in [-0.2, 0) is 9.59 Å². The Morgan fingerprint density at radius 3 is 2.88 bits per heavy atom. The van der Waals surface area contributed by atoms with Crippen LogP contribution in [0.3, 0.4) is 0 Å². The molecule has 0 saturated carbocycles. The lowest BCUT2D eigenvalue weighted by molar-refractivity contribution is -0.141. The number of aliphatic imine (C=N–C) groups is 2. The van der Waals surface area contributed by atoms with Crippen molar-refractivity contribution < 1.29 is 14.7 Å². The highest BCUT2D eigenvalue weighted by molar-refractivity contribution is 6.48. The van der Waals surface area contributed by atoms with E-state index in [1.54, 1.807) is 24.3 Å². The maximum Gasteiger partial charge on any atom is 0.338 e. The molecular formula is C11H7N3O3. The Bertz CT molecular complexity index is 591. The predicted octanol–water partition coefficient (Wildman–Crippen LogP) is 0.601. The zero-order valence-corrected chi connectivity index (χ0v) is 8.57. The summed E-state index contributed by atoms with van der Waals surface area (Å²) in [5.41, 5.74) is 1.20. The standard InChI is InChI=1S/C11H7N3O3/c15-10-9(11(16)17)13-8-5-12-6-3-1-2-4-7(6)14(8)10/h1-5,9H,(H,16,17). The molecule has 6 heteroatoms. The molecular weight excluding hydrogens is 222 g/mol. The summed E-state index contributed by atoms with van der Waals surface area (Å²) >= 11 is 0. The van der Waals surface area contributed by atoms with Gasteiger partial charge in [0.1, 0.15) is 0 Å². The smallest absolute Gasteiger partial charge is 0.338 e. The summed E-state index contributed by atoms with van der Waals surface area (Å²) in [6.45, 7) is 0. The Kier molecular flexibility index (Phi) is 1.85. The van der Waals surface area contributed by atoms with Crippen molar-refractivity contribution in [2.24, 2.45) is 9.98 Å². The van der Waals surface area contributed by atoms with Gasteiger partial charge >= 0.3 is 5.97 Å². The van der Waals surface area contributed by atoms with Gasteiger partial charge in [-0.2, -0.15) is 0 Å². The van der Waals surface area contributed by atoms with Crippen LogP contribution >= 0.6 is 0 Å². The van der Waals surface area contributed by atoms with E-state index >= 15 is 0 Å². The van der Waals surface area contributed by atoms with E-state index in [0.717, 1.165) is 0 Å². The van der Waals surface area contributed by atoms with E-state index in [9.17, 15) is 9.59 Å². The second-order valence-electron chi connectivity index (χ2n) is 3.65. The van der Waals surface area contributed by atoms with E-state index in [-0.39, 0.29) is 5.84 Å². The Labute approximate surface area is 95.9 Å². The van der Waals surface area contributed by atoms with Gasteiger partial charge in [-0.25, -0.2) is 9.79 Å². The minimum atomic E-state index is -1.36. The minimum absolute atomic E-state index is 0.279. The number of para-hydroxylation sites is 2. The molecule has 1 N–H and O–H groups in total. The number of carbonyl (C=O) groups is 2. The van der Waals surface area contributed by atoms with E-state index in [0.29, 0.717) is 11.4 Å². The topological polar surface area (TPSA) is 82.3 Å². The van der Waals surface area contributed by atoms with Gasteiger partial charge in [0.2, 0.25) is 6.04 Å². The SMILES string of the molecule is O=C(O)C1N=C2C=Nc3ccccc3N2C1=O. The van der Waals surface area contributed by atoms with Gasteiger partial charge in [-0.3, -0.25) is 14.7 Å². The van der Waals surface area contributed by atoms with Crippen molar-refractivity contribution >= 4 is 35.3 Å². The molecule has 1 aromatic carbocycles. The fourth-order valence-electron chi connectivity index (χ4n) is 1.86. The number of nitrogens with zero attached hydrogens (tertiary/aromatic N) is 3. The van der Waals surface area contributed by atoms with E-state index in [1.807, 2.05) is 0 Å². The van der Waals surface area contributed by atoms with Crippen molar-refractivity contribution in [3.8, 4) is 0 Å². The van der Waals surface area contributed by atoms with Gasteiger partial charge in [0, 0.05) is 0 Å². The quantitative estimate of drug-likeness (QED) is 0.716. The van der Waals surface area contributed by atoms with Crippen molar-refractivity contribution in [3.05, 3.63) is 24.3 Å². The summed E-state index contributed by atoms with van der Waals surface area (Å²) in [5, 5.41) is 8.88. The van der Waals surface area contributed by atoms with Gasteiger partial charge in [0.05, 0.1) is 17.6 Å². The molecule has 1 atom stereocenters. The molecule has 0 saturated heterocycles. The summed E-state index contributed by atoms with van der Waals surface area (Å²) in [5.74, 6) is -1.52. The number of aliphatic carboxylic acids is 1. The summed E-state index contributed by atoms with van der Waals surface area (Å²) in [6.07, 6.45) is 1.41. The molecule has 2 heterocycles.